The summed E-state index contributed by atoms with van der Waals surface area (Å²) in [7, 11) is 0. The number of urea groups is 1. The highest BCUT2D eigenvalue weighted by molar-refractivity contribution is 9.10. The Morgan fingerprint density at radius 1 is 1.03 bits per heavy atom. The van der Waals surface area contributed by atoms with Gasteiger partial charge < -0.3 is 15.5 Å². The zero-order valence-corrected chi connectivity index (χ0v) is 20.3. The summed E-state index contributed by atoms with van der Waals surface area (Å²) in [6.45, 7) is 6.25. The molecule has 0 bridgehead atoms. The number of amides is 3. The van der Waals surface area contributed by atoms with Crippen molar-refractivity contribution in [1.82, 2.24) is 20.1 Å². The number of aryl methyl sites for hydroxylation is 1. The maximum absolute atomic E-state index is 12.6. The van der Waals surface area contributed by atoms with Gasteiger partial charge in [0.1, 0.15) is 0 Å². The second kappa shape index (κ2) is 10.8. The van der Waals surface area contributed by atoms with Crippen molar-refractivity contribution < 1.29 is 9.59 Å². The molecule has 0 spiro atoms. The summed E-state index contributed by atoms with van der Waals surface area (Å²) < 4.78 is 1.01. The maximum atomic E-state index is 12.6. The van der Waals surface area contributed by atoms with Gasteiger partial charge in [-0.3, -0.25) is 14.7 Å². The van der Waals surface area contributed by atoms with Crippen molar-refractivity contribution in [2.45, 2.75) is 13.3 Å². The second-order valence-corrected chi connectivity index (χ2v) is 9.15. The first-order chi connectivity index (χ1) is 16.0. The third-order valence-electron chi connectivity index (χ3n) is 5.80. The van der Waals surface area contributed by atoms with Crippen molar-refractivity contribution in [1.29, 1.82) is 0 Å². The highest BCUT2D eigenvalue weighted by Crippen LogP contribution is 2.22. The Kier molecular flexibility index (Phi) is 7.57. The van der Waals surface area contributed by atoms with E-state index < -0.39 is 0 Å². The number of benzene rings is 2. The number of hydrogen-bond donors (Lipinski definition) is 2. The maximum Gasteiger partial charge on any atom is 0.319 e. The number of nitrogens with zero attached hydrogens (tertiary/aromatic N) is 3. The van der Waals surface area contributed by atoms with Gasteiger partial charge in [-0.15, -0.1) is 0 Å². The smallest absolute Gasteiger partial charge is 0.319 e. The lowest BCUT2D eigenvalue weighted by Gasteiger charge is -2.34. The minimum atomic E-state index is -0.228. The van der Waals surface area contributed by atoms with Crippen LogP contribution < -0.4 is 10.6 Å². The standard InChI is InChI=1S/C25H28BrN5O2/c1-18-16-23(21-4-2-3-5-22(21)28-18)29-25(33)27-10-11-30-12-14-31(15-13-30)24(32)17-19-6-8-20(26)9-7-19/h2-9,16H,10-15,17H2,1H3,(H2,27,28,29,33). The summed E-state index contributed by atoms with van der Waals surface area (Å²) in [4.78, 5) is 33.7. The Morgan fingerprint density at radius 2 is 1.76 bits per heavy atom. The van der Waals surface area contributed by atoms with Gasteiger partial charge in [0.2, 0.25) is 5.91 Å². The lowest BCUT2D eigenvalue weighted by Crippen LogP contribution is -2.50. The van der Waals surface area contributed by atoms with Gasteiger partial charge >= 0.3 is 6.03 Å². The molecule has 7 nitrogen and oxygen atoms in total. The van der Waals surface area contributed by atoms with Crippen molar-refractivity contribution in [3.8, 4) is 0 Å². The van der Waals surface area contributed by atoms with Gasteiger partial charge in [0.15, 0.2) is 0 Å². The highest BCUT2D eigenvalue weighted by Gasteiger charge is 2.21. The second-order valence-electron chi connectivity index (χ2n) is 8.23. The van der Waals surface area contributed by atoms with Crippen molar-refractivity contribution in [3.05, 3.63) is 70.3 Å². The summed E-state index contributed by atoms with van der Waals surface area (Å²) in [5, 5.41) is 6.80. The average Bonchev–Trinajstić information content (AvgIpc) is 2.81. The van der Waals surface area contributed by atoms with Crippen molar-refractivity contribution >= 4 is 44.5 Å². The molecule has 0 saturated carbocycles. The van der Waals surface area contributed by atoms with Crippen LogP contribution in [0.4, 0.5) is 10.5 Å². The van der Waals surface area contributed by atoms with Crippen molar-refractivity contribution in [2.24, 2.45) is 0 Å². The van der Waals surface area contributed by atoms with Crippen LogP contribution in [0.15, 0.2) is 59.1 Å². The number of rotatable bonds is 6. The fraction of sp³-hybridized carbons (Fsp3) is 0.320. The molecule has 3 aromatic rings. The average molecular weight is 510 g/mol. The summed E-state index contributed by atoms with van der Waals surface area (Å²) in [6, 6.07) is 17.3. The Balaban J connectivity index is 1.19. The molecule has 0 unspecified atom stereocenters. The van der Waals surface area contributed by atoms with Gasteiger partial charge in [0, 0.05) is 54.8 Å². The first kappa shape index (κ1) is 23.2. The molecule has 172 valence electrons. The Morgan fingerprint density at radius 3 is 2.52 bits per heavy atom. The third kappa shape index (κ3) is 6.30. The van der Waals surface area contributed by atoms with Crippen LogP contribution in [0.1, 0.15) is 11.3 Å². The first-order valence-electron chi connectivity index (χ1n) is 11.1. The Labute approximate surface area is 202 Å². The summed E-state index contributed by atoms with van der Waals surface area (Å²) in [5.41, 5.74) is 3.50. The van der Waals surface area contributed by atoms with Crippen LogP contribution in [-0.2, 0) is 11.2 Å². The number of anilines is 1. The minimum absolute atomic E-state index is 0.161. The van der Waals surface area contributed by atoms with E-state index in [0.29, 0.717) is 26.1 Å². The van der Waals surface area contributed by atoms with E-state index >= 15 is 0 Å². The molecule has 1 aliphatic heterocycles. The van der Waals surface area contributed by atoms with E-state index in [1.54, 1.807) is 0 Å². The molecule has 1 aliphatic rings. The number of halogens is 1. The van der Waals surface area contributed by atoms with Gasteiger partial charge in [-0.25, -0.2) is 4.79 Å². The largest absolute Gasteiger partial charge is 0.340 e. The van der Waals surface area contributed by atoms with Crippen LogP contribution in [0.25, 0.3) is 10.9 Å². The number of hydrogen-bond acceptors (Lipinski definition) is 4. The SMILES string of the molecule is Cc1cc(NC(=O)NCCN2CCN(C(=O)Cc3ccc(Br)cc3)CC2)c2ccccc2n1. The van der Waals surface area contributed by atoms with Crippen LogP contribution in [0.3, 0.4) is 0 Å². The van der Waals surface area contributed by atoms with E-state index in [9.17, 15) is 9.59 Å². The monoisotopic (exact) mass is 509 g/mol. The molecule has 3 amide bonds. The van der Waals surface area contributed by atoms with Crippen LogP contribution >= 0.6 is 15.9 Å². The van der Waals surface area contributed by atoms with Crippen LogP contribution in [-0.4, -0.2) is 66.0 Å². The summed E-state index contributed by atoms with van der Waals surface area (Å²) in [6.07, 6.45) is 0.429. The van der Waals surface area contributed by atoms with Gasteiger partial charge in [-0.1, -0.05) is 46.3 Å². The molecule has 0 atom stereocenters. The number of carbonyl (C=O) groups is 2. The molecule has 1 aromatic heterocycles. The van der Waals surface area contributed by atoms with E-state index in [-0.39, 0.29) is 11.9 Å². The van der Waals surface area contributed by atoms with E-state index in [2.05, 4.69) is 36.4 Å². The van der Waals surface area contributed by atoms with Gasteiger partial charge in [0.25, 0.3) is 0 Å². The minimum Gasteiger partial charge on any atom is -0.340 e. The Bertz CT molecular complexity index is 1130. The molecular weight excluding hydrogens is 482 g/mol. The molecule has 1 saturated heterocycles. The number of aromatic nitrogens is 1. The number of piperazine rings is 1. The van der Waals surface area contributed by atoms with Crippen LogP contribution in [0.2, 0.25) is 0 Å². The van der Waals surface area contributed by atoms with Crippen LogP contribution in [0.5, 0.6) is 0 Å². The van der Waals surface area contributed by atoms with Gasteiger partial charge in [-0.2, -0.15) is 0 Å². The number of fused-ring (bicyclic) bond motifs is 1. The predicted molar refractivity (Wildman–Crippen MR) is 134 cm³/mol. The van der Waals surface area contributed by atoms with Crippen molar-refractivity contribution in [2.75, 3.05) is 44.6 Å². The number of nitrogens with one attached hydrogen (secondary N) is 2. The number of pyridine rings is 1. The topological polar surface area (TPSA) is 77.6 Å². The zero-order chi connectivity index (χ0) is 23.2. The van der Waals surface area contributed by atoms with Gasteiger partial charge in [-0.05, 0) is 36.8 Å². The summed E-state index contributed by atoms with van der Waals surface area (Å²) >= 11 is 3.42. The highest BCUT2D eigenvalue weighted by atomic mass is 79.9. The molecule has 2 aromatic carbocycles. The fourth-order valence-corrected chi connectivity index (χ4v) is 4.28. The molecule has 1 fully saturated rings. The molecule has 8 heteroatoms. The molecule has 33 heavy (non-hydrogen) atoms. The zero-order valence-electron chi connectivity index (χ0n) is 18.7. The normalized spacial score (nSPS) is 14.3. The van der Waals surface area contributed by atoms with Crippen LogP contribution in [0, 0.1) is 6.92 Å². The number of carbonyl (C=O) groups excluding carboxylic acids is 2. The van der Waals surface area contributed by atoms with E-state index in [1.165, 1.54) is 0 Å². The molecule has 0 aliphatic carbocycles. The Hall–Kier alpha value is -2.97. The van der Waals surface area contributed by atoms with E-state index in [4.69, 9.17) is 0 Å². The summed E-state index contributed by atoms with van der Waals surface area (Å²) in [5.74, 6) is 0.161. The molecule has 2 heterocycles. The molecule has 4 rings (SSSR count). The number of para-hydroxylation sites is 1. The predicted octanol–water partition coefficient (Wildman–Crippen LogP) is 3.81. The molecular formula is C25H28BrN5O2. The third-order valence-corrected chi connectivity index (χ3v) is 6.33. The fourth-order valence-electron chi connectivity index (χ4n) is 4.01. The lowest BCUT2D eigenvalue weighted by atomic mass is 10.1. The van der Waals surface area contributed by atoms with Crippen molar-refractivity contribution in [3.63, 3.8) is 0 Å². The quantitative estimate of drug-likeness (QED) is 0.529. The van der Waals surface area contributed by atoms with E-state index in [0.717, 1.165) is 52.0 Å². The molecule has 2 N–H and O–H groups in total. The van der Waals surface area contributed by atoms with Gasteiger partial charge in [0.05, 0.1) is 17.6 Å². The lowest BCUT2D eigenvalue weighted by molar-refractivity contribution is -0.132. The van der Waals surface area contributed by atoms with E-state index in [1.807, 2.05) is 66.4 Å². The molecule has 0 radical (unpaired) electrons. The first-order valence-corrected chi connectivity index (χ1v) is 11.9.